The first-order valence-corrected chi connectivity index (χ1v) is 5.19. The molecule has 0 saturated heterocycles. The van der Waals surface area contributed by atoms with Gasteiger partial charge in [0, 0.05) is 12.4 Å². The number of imidazole rings is 1. The van der Waals surface area contributed by atoms with Gasteiger partial charge >= 0.3 is 0 Å². The molecule has 0 radical (unpaired) electrons. The molecule has 0 saturated carbocycles. The van der Waals surface area contributed by atoms with E-state index in [9.17, 15) is 0 Å². The summed E-state index contributed by atoms with van der Waals surface area (Å²) >= 11 is 0. The quantitative estimate of drug-likeness (QED) is 0.765. The van der Waals surface area contributed by atoms with Crippen molar-refractivity contribution in [2.75, 3.05) is 11.5 Å². The molecule has 0 aliphatic rings. The minimum atomic E-state index is 0.342. The second-order valence-corrected chi connectivity index (χ2v) is 3.05. The smallest absolute Gasteiger partial charge is 0.148 e. The molecule has 0 spiro atoms. The molecule has 0 aliphatic heterocycles. The lowest BCUT2D eigenvalue weighted by molar-refractivity contribution is 1.05. The molecule has 4 N–H and O–H groups in total. The molecule has 0 aromatic carbocycles. The van der Waals surface area contributed by atoms with Gasteiger partial charge in [-0.05, 0) is 13.0 Å². The summed E-state index contributed by atoms with van der Waals surface area (Å²) in [4.78, 5) is 8.00. The third kappa shape index (κ3) is 2.31. The standard InChI is InChI=1S/C9H11N5.C2H6/c1-6-4-14(5-13-6)7-2-3-12-9(11)8(7)10;1-2/h2-5H,10H2,1H3,(H2,11,12);1-2H3. The Morgan fingerprint density at radius 3 is 2.44 bits per heavy atom. The van der Waals surface area contributed by atoms with E-state index < -0.39 is 0 Å². The van der Waals surface area contributed by atoms with Crippen LogP contribution >= 0.6 is 0 Å². The lowest BCUT2D eigenvalue weighted by Gasteiger charge is -2.06. The second kappa shape index (κ2) is 5.16. The van der Waals surface area contributed by atoms with Gasteiger partial charge in [0.05, 0.1) is 23.4 Å². The van der Waals surface area contributed by atoms with Crippen LogP contribution in [-0.2, 0) is 0 Å². The van der Waals surface area contributed by atoms with E-state index in [4.69, 9.17) is 11.5 Å². The Kier molecular flexibility index (Phi) is 3.88. The van der Waals surface area contributed by atoms with Gasteiger partial charge < -0.3 is 16.0 Å². The van der Waals surface area contributed by atoms with E-state index in [1.807, 2.05) is 31.5 Å². The third-order valence-corrected chi connectivity index (χ3v) is 1.99. The number of hydrogen-bond donors (Lipinski definition) is 2. The number of aromatic nitrogens is 3. The first-order valence-electron chi connectivity index (χ1n) is 5.19. The number of hydrogen-bond acceptors (Lipinski definition) is 4. The number of nitrogens with zero attached hydrogens (tertiary/aromatic N) is 3. The summed E-state index contributed by atoms with van der Waals surface area (Å²) in [5.74, 6) is 0.342. The van der Waals surface area contributed by atoms with Crippen LogP contribution in [0.15, 0.2) is 24.8 Å². The number of anilines is 2. The van der Waals surface area contributed by atoms with E-state index in [0.29, 0.717) is 11.5 Å². The molecule has 5 nitrogen and oxygen atoms in total. The van der Waals surface area contributed by atoms with Crippen LogP contribution in [0.1, 0.15) is 19.5 Å². The summed E-state index contributed by atoms with van der Waals surface area (Å²) < 4.78 is 1.82. The van der Waals surface area contributed by atoms with Crippen molar-refractivity contribution in [1.82, 2.24) is 14.5 Å². The molecule has 5 heteroatoms. The molecule has 86 valence electrons. The van der Waals surface area contributed by atoms with Crippen molar-refractivity contribution in [3.05, 3.63) is 30.5 Å². The predicted octanol–water partition coefficient (Wildman–Crippen LogP) is 1.77. The van der Waals surface area contributed by atoms with Crippen LogP contribution in [0.2, 0.25) is 0 Å². The Morgan fingerprint density at radius 1 is 1.19 bits per heavy atom. The van der Waals surface area contributed by atoms with Crippen LogP contribution in [0, 0.1) is 6.92 Å². The van der Waals surface area contributed by atoms with Crippen molar-refractivity contribution < 1.29 is 0 Å². The van der Waals surface area contributed by atoms with E-state index in [2.05, 4.69) is 9.97 Å². The first kappa shape index (κ1) is 12.0. The molecule has 2 aromatic rings. The van der Waals surface area contributed by atoms with Gasteiger partial charge in [0.2, 0.25) is 0 Å². The maximum Gasteiger partial charge on any atom is 0.148 e. The van der Waals surface area contributed by atoms with Crippen molar-refractivity contribution >= 4 is 11.5 Å². The van der Waals surface area contributed by atoms with Gasteiger partial charge in [0.1, 0.15) is 5.82 Å². The van der Waals surface area contributed by atoms with E-state index in [1.165, 1.54) is 0 Å². The molecule has 2 heterocycles. The van der Waals surface area contributed by atoms with Gasteiger partial charge in [-0.25, -0.2) is 9.97 Å². The van der Waals surface area contributed by atoms with E-state index >= 15 is 0 Å². The summed E-state index contributed by atoms with van der Waals surface area (Å²) in [6.45, 7) is 5.91. The highest BCUT2D eigenvalue weighted by Gasteiger charge is 2.05. The average Bonchev–Trinajstić information content (AvgIpc) is 2.72. The van der Waals surface area contributed by atoms with Gasteiger partial charge in [0.15, 0.2) is 0 Å². The molecule has 0 atom stereocenters. The van der Waals surface area contributed by atoms with Gasteiger partial charge in [-0.2, -0.15) is 0 Å². The highest BCUT2D eigenvalue weighted by atomic mass is 15.1. The molecule has 2 aromatic heterocycles. The van der Waals surface area contributed by atoms with Crippen LogP contribution < -0.4 is 11.5 Å². The van der Waals surface area contributed by atoms with Gasteiger partial charge in [-0.3, -0.25) is 0 Å². The summed E-state index contributed by atoms with van der Waals surface area (Å²) in [5, 5.41) is 0. The number of pyridine rings is 1. The number of rotatable bonds is 1. The lowest BCUT2D eigenvalue weighted by Crippen LogP contribution is -2.03. The maximum absolute atomic E-state index is 5.79. The fourth-order valence-electron chi connectivity index (χ4n) is 1.26. The minimum absolute atomic E-state index is 0.342. The van der Waals surface area contributed by atoms with E-state index in [1.54, 1.807) is 18.6 Å². The van der Waals surface area contributed by atoms with E-state index in [0.717, 1.165) is 11.4 Å². The molecule has 16 heavy (non-hydrogen) atoms. The first-order chi connectivity index (χ1) is 7.68. The normalized spacial score (nSPS) is 9.44. The summed E-state index contributed by atoms with van der Waals surface area (Å²) in [6, 6.07) is 1.80. The van der Waals surface area contributed by atoms with E-state index in [-0.39, 0.29) is 0 Å². The molecule has 0 fully saturated rings. The monoisotopic (exact) mass is 219 g/mol. The van der Waals surface area contributed by atoms with Crippen LogP contribution in [0.5, 0.6) is 0 Å². The van der Waals surface area contributed by atoms with Crippen molar-refractivity contribution in [3.8, 4) is 5.69 Å². The Morgan fingerprint density at radius 2 is 1.88 bits per heavy atom. The fraction of sp³-hybridized carbons (Fsp3) is 0.273. The molecule has 0 bridgehead atoms. The molecule has 0 unspecified atom stereocenters. The summed E-state index contributed by atoms with van der Waals surface area (Å²) in [5.41, 5.74) is 13.6. The highest BCUT2D eigenvalue weighted by Crippen LogP contribution is 2.20. The maximum atomic E-state index is 5.79. The molecular weight excluding hydrogens is 202 g/mol. The summed E-state index contributed by atoms with van der Waals surface area (Å²) in [6.07, 6.45) is 5.20. The number of nitrogen functional groups attached to an aromatic ring is 2. The Balaban J connectivity index is 0.000000606. The molecular formula is C11H17N5. The third-order valence-electron chi connectivity index (χ3n) is 1.99. The van der Waals surface area contributed by atoms with Crippen molar-refractivity contribution in [2.45, 2.75) is 20.8 Å². The van der Waals surface area contributed by atoms with Crippen molar-refractivity contribution in [3.63, 3.8) is 0 Å². The second-order valence-electron chi connectivity index (χ2n) is 3.05. The van der Waals surface area contributed by atoms with Crippen molar-refractivity contribution in [2.24, 2.45) is 0 Å². The molecule has 2 rings (SSSR count). The largest absolute Gasteiger partial charge is 0.394 e. The zero-order chi connectivity index (χ0) is 12.1. The highest BCUT2D eigenvalue weighted by molar-refractivity contribution is 5.69. The van der Waals surface area contributed by atoms with Crippen LogP contribution in [0.25, 0.3) is 5.69 Å². The Bertz CT molecular complexity index is 461. The molecule has 0 aliphatic carbocycles. The zero-order valence-electron chi connectivity index (χ0n) is 9.81. The number of nitrogens with two attached hydrogens (primary N) is 2. The van der Waals surface area contributed by atoms with Crippen LogP contribution in [0.4, 0.5) is 11.5 Å². The SMILES string of the molecule is CC.Cc1cn(-c2ccnc(N)c2N)cn1. The minimum Gasteiger partial charge on any atom is -0.394 e. The van der Waals surface area contributed by atoms with Crippen LogP contribution in [-0.4, -0.2) is 14.5 Å². The van der Waals surface area contributed by atoms with Crippen molar-refractivity contribution in [1.29, 1.82) is 0 Å². The Labute approximate surface area is 95.1 Å². The Hall–Kier alpha value is -2.04. The van der Waals surface area contributed by atoms with Gasteiger partial charge in [-0.15, -0.1) is 0 Å². The topological polar surface area (TPSA) is 82.8 Å². The zero-order valence-corrected chi connectivity index (χ0v) is 9.81. The summed E-state index contributed by atoms with van der Waals surface area (Å²) in [7, 11) is 0. The van der Waals surface area contributed by atoms with Gasteiger partial charge in [0.25, 0.3) is 0 Å². The van der Waals surface area contributed by atoms with Crippen LogP contribution in [0.3, 0.4) is 0 Å². The predicted molar refractivity (Wildman–Crippen MR) is 66.3 cm³/mol. The average molecular weight is 219 g/mol. The van der Waals surface area contributed by atoms with Gasteiger partial charge in [-0.1, -0.05) is 13.8 Å². The number of aryl methyl sites for hydroxylation is 1. The fourth-order valence-corrected chi connectivity index (χ4v) is 1.26. The molecule has 0 amide bonds. The lowest BCUT2D eigenvalue weighted by atomic mass is 10.3.